The van der Waals surface area contributed by atoms with Crippen LogP contribution in [0.3, 0.4) is 0 Å². The third kappa shape index (κ3) is 2.76. The lowest BCUT2D eigenvalue weighted by Crippen LogP contribution is -2.36. The van der Waals surface area contributed by atoms with Crippen LogP contribution in [-0.4, -0.2) is 35.0 Å². The number of hydrogen-bond donors (Lipinski definition) is 1. The predicted molar refractivity (Wildman–Crippen MR) is 82.7 cm³/mol. The Hall–Kier alpha value is -0.880. The van der Waals surface area contributed by atoms with E-state index in [2.05, 4.69) is 31.9 Å². The van der Waals surface area contributed by atoms with E-state index in [9.17, 15) is 14.7 Å². The van der Waals surface area contributed by atoms with Crippen LogP contribution in [0, 0.1) is 5.41 Å². The number of carboxylic acid groups (broad SMARTS) is 1. The van der Waals surface area contributed by atoms with Crippen LogP contribution in [0.1, 0.15) is 30.1 Å². The summed E-state index contributed by atoms with van der Waals surface area (Å²) in [6.45, 7) is 2.62. The minimum absolute atomic E-state index is 0.124. The Kier molecular flexibility index (Phi) is 4.54. The molecular formula is C14H15Br2NO3. The number of likely N-dealkylation sites (tertiary alicyclic amines) is 1. The molecule has 1 saturated heterocycles. The molecule has 1 aliphatic heterocycles. The Morgan fingerprint density at radius 2 is 2.10 bits per heavy atom. The van der Waals surface area contributed by atoms with E-state index in [4.69, 9.17) is 0 Å². The van der Waals surface area contributed by atoms with Gasteiger partial charge in [-0.3, -0.25) is 9.59 Å². The molecule has 1 unspecified atom stereocenters. The van der Waals surface area contributed by atoms with Gasteiger partial charge in [0.05, 0.1) is 11.0 Å². The molecule has 20 heavy (non-hydrogen) atoms. The highest BCUT2D eigenvalue weighted by Gasteiger charge is 2.45. The molecule has 4 nitrogen and oxygen atoms in total. The fourth-order valence-corrected chi connectivity index (χ4v) is 3.71. The van der Waals surface area contributed by atoms with Crippen LogP contribution in [0.15, 0.2) is 27.1 Å². The quantitative estimate of drug-likeness (QED) is 0.838. The molecule has 1 fully saturated rings. The molecule has 0 saturated carbocycles. The van der Waals surface area contributed by atoms with Crippen molar-refractivity contribution in [3.05, 3.63) is 32.7 Å². The lowest BCUT2D eigenvalue weighted by Gasteiger charge is -2.23. The Balaban J connectivity index is 2.21. The fraction of sp³-hybridized carbons (Fsp3) is 0.429. The van der Waals surface area contributed by atoms with Crippen molar-refractivity contribution in [2.24, 2.45) is 5.41 Å². The lowest BCUT2D eigenvalue weighted by atomic mass is 9.84. The first-order valence-corrected chi connectivity index (χ1v) is 7.96. The number of benzene rings is 1. The van der Waals surface area contributed by atoms with Crippen LogP contribution in [0.4, 0.5) is 0 Å². The maximum Gasteiger partial charge on any atom is 0.311 e. The number of aliphatic carboxylic acids is 1. The van der Waals surface area contributed by atoms with Crippen LogP contribution in [-0.2, 0) is 4.79 Å². The monoisotopic (exact) mass is 403 g/mol. The number of carbonyl (C=O) groups excluding carboxylic acids is 1. The van der Waals surface area contributed by atoms with Gasteiger partial charge in [-0.15, -0.1) is 0 Å². The largest absolute Gasteiger partial charge is 0.481 e. The third-order valence-corrected chi connectivity index (χ3v) is 5.08. The highest BCUT2D eigenvalue weighted by molar-refractivity contribution is 9.11. The van der Waals surface area contributed by atoms with Gasteiger partial charge in [0.1, 0.15) is 0 Å². The zero-order valence-corrected chi connectivity index (χ0v) is 14.2. The average Bonchev–Trinajstić information content (AvgIpc) is 2.83. The predicted octanol–water partition coefficient (Wildman–Crippen LogP) is 3.54. The zero-order valence-electron chi connectivity index (χ0n) is 11.0. The Bertz CT molecular complexity index is 561. The highest BCUT2D eigenvalue weighted by atomic mass is 79.9. The van der Waals surface area contributed by atoms with E-state index in [-0.39, 0.29) is 12.5 Å². The van der Waals surface area contributed by atoms with Crippen molar-refractivity contribution >= 4 is 43.7 Å². The number of nitrogens with zero attached hydrogens (tertiary/aromatic N) is 1. The molecular weight excluding hydrogens is 390 g/mol. The molecule has 0 bridgehead atoms. The minimum atomic E-state index is -0.815. The van der Waals surface area contributed by atoms with Gasteiger partial charge in [0.2, 0.25) is 0 Å². The number of halogens is 2. The maximum atomic E-state index is 12.5. The van der Waals surface area contributed by atoms with Gasteiger partial charge in [0.15, 0.2) is 0 Å². The average molecular weight is 405 g/mol. The van der Waals surface area contributed by atoms with Gasteiger partial charge < -0.3 is 10.0 Å². The molecule has 0 spiro atoms. The second kappa shape index (κ2) is 5.85. The summed E-state index contributed by atoms with van der Waals surface area (Å²) in [5.41, 5.74) is -0.234. The molecule has 1 N–H and O–H groups in total. The second-order valence-corrected chi connectivity index (χ2v) is 6.81. The van der Waals surface area contributed by atoms with Gasteiger partial charge in [0, 0.05) is 22.0 Å². The Labute approximate surface area is 134 Å². The van der Waals surface area contributed by atoms with Crippen molar-refractivity contribution in [2.45, 2.75) is 19.8 Å². The normalized spacial score (nSPS) is 22.1. The van der Waals surface area contributed by atoms with Crippen molar-refractivity contribution in [3.8, 4) is 0 Å². The maximum absolute atomic E-state index is 12.5. The molecule has 1 amide bonds. The SMILES string of the molecule is CCC1(C(=O)O)CCN(C(=O)c2ccc(Br)cc2Br)C1. The smallest absolute Gasteiger partial charge is 0.311 e. The minimum Gasteiger partial charge on any atom is -0.481 e. The molecule has 1 heterocycles. The summed E-state index contributed by atoms with van der Waals surface area (Å²) in [7, 11) is 0. The van der Waals surface area contributed by atoms with Crippen LogP contribution >= 0.6 is 31.9 Å². The van der Waals surface area contributed by atoms with Gasteiger partial charge in [-0.25, -0.2) is 0 Å². The topological polar surface area (TPSA) is 57.6 Å². The van der Waals surface area contributed by atoms with Crippen molar-refractivity contribution in [3.63, 3.8) is 0 Å². The van der Waals surface area contributed by atoms with Gasteiger partial charge in [-0.05, 0) is 47.0 Å². The first-order chi connectivity index (χ1) is 9.39. The molecule has 0 aliphatic carbocycles. The first-order valence-electron chi connectivity index (χ1n) is 6.37. The van der Waals surface area contributed by atoms with Crippen molar-refractivity contribution in [1.29, 1.82) is 0 Å². The fourth-order valence-electron chi connectivity index (χ4n) is 2.49. The first kappa shape index (κ1) is 15.5. The van der Waals surface area contributed by atoms with Crippen molar-refractivity contribution in [2.75, 3.05) is 13.1 Å². The molecule has 2 rings (SSSR count). The molecule has 0 aromatic heterocycles. The summed E-state index contributed by atoms with van der Waals surface area (Å²) in [4.78, 5) is 25.5. The van der Waals surface area contributed by atoms with Crippen LogP contribution < -0.4 is 0 Å². The Morgan fingerprint density at radius 3 is 2.60 bits per heavy atom. The highest BCUT2D eigenvalue weighted by Crippen LogP contribution is 2.35. The van der Waals surface area contributed by atoms with E-state index in [1.54, 1.807) is 17.0 Å². The van der Waals surface area contributed by atoms with E-state index in [1.165, 1.54) is 0 Å². The molecule has 0 radical (unpaired) electrons. The standard InChI is InChI=1S/C14H15Br2NO3/c1-2-14(13(19)20)5-6-17(8-14)12(18)10-4-3-9(15)7-11(10)16/h3-4,7H,2,5-6,8H2,1H3,(H,19,20). The summed E-state index contributed by atoms with van der Waals surface area (Å²) in [5.74, 6) is -0.939. The summed E-state index contributed by atoms with van der Waals surface area (Å²) < 4.78 is 1.59. The summed E-state index contributed by atoms with van der Waals surface area (Å²) >= 11 is 6.72. The number of carboxylic acids is 1. The Morgan fingerprint density at radius 1 is 1.40 bits per heavy atom. The second-order valence-electron chi connectivity index (χ2n) is 5.04. The van der Waals surface area contributed by atoms with Gasteiger partial charge >= 0.3 is 5.97 Å². The van der Waals surface area contributed by atoms with Crippen LogP contribution in [0.2, 0.25) is 0 Å². The van der Waals surface area contributed by atoms with Crippen molar-refractivity contribution < 1.29 is 14.7 Å². The zero-order chi connectivity index (χ0) is 14.9. The van der Waals surface area contributed by atoms with E-state index in [0.717, 1.165) is 4.47 Å². The molecule has 6 heteroatoms. The van der Waals surface area contributed by atoms with E-state index < -0.39 is 11.4 Å². The summed E-state index contributed by atoms with van der Waals surface area (Å²) in [6.07, 6.45) is 1.05. The summed E-state index contributed by atoms with van der Waals surface area (Å²) in [6, 6.07) is 5.36. The molecule has 1 aromatic rings. The summed E-state index contributed by atoms with van der Waals surface area (Å²) in [5, 5.41) is 9.37. The molecule has 108 valence electrons. The van der Waals surface area contributed by atoms with Gasteiger partial charge in [-0.2, -0.15) is 0 Å². The van der Waals surface area contributed by atoms with Gasteiger partial charge in [-0.1, -0.05) is 22.9 Å². The number of rotatable bonds is 3. The lowest BCUT2D eigenvalue weighted by molar-refractivity contribution is -0.148. The van der Waals surface area contributed by atoms with E-state index in [0.29, 0.717) is 29.4 Å². The van der Waals surface area contributed by atoms with E-state index in [1.807, 2.05) is 13.0 Å². The van der Waals surface area contributed by atoms with Gasteiger partial charge in [0.25, 0.3) is 5.91 Å². The molecule has 1 atom stereocenters. The van der Waals surface area contributed by atoms with Crippen molar-refractivity contribution in [1.82, 2.24) is 4.90 Å². The third-order valence-electron chi connectivity index (χ3n) is 3.93. The number of amides is 1. The number of carbonyl (C=O) groups is 2. The van der Waals surface area contributed by atoms with Crippen LogP contribution in [0.25, 0.3) is 0 Å². The number of hydrogen-bond acceptors (Lipinski definition) is 2. The molecule has 1 aliphatic rings. The van der Waals surface area contributed by atoms with Crippen LogP contribution in [0.5, 0.6) is 0 Å². The van der Waals surface area contributed by atoms with E-state index >= 15 is 0 Å². The molecule has 1 aromatic carbocycles.